The van der Waals surface area contributed by atoms with Crippen molar-refractivity contribution in [3.63, 3.8) is 0 Å². The van der Waals surface area contributed by atoms with Crippen LogP contribution in [0.15, 0.2) is 54.6 Å². The van der Waals surface area contributed by atoms with Gasteiger partial charge in [0.15, 0.2) is 0 Å². The lowest BCUT2D eigenvalue weighted by molar-refractivity contribution is -0.143. The molecule has 0 aromatic heterocycles. The van der Waals surface area contributed by atoms with Crippen molar-refractivity contribution in [2.75, 3.05) is 0 Å². The molecule has 0 radical (unpaired) electrons. The molecule has 1 atom stereocenters. The van der Waals surface area contributed by atoms with E-state index in [1.165, 1.54) is 25.1 Å². The Kier molecular flexibility index (Phi) is 5.52. The molecule has 1 amide bonds. The van der Waals surface area contributed by atoms with Gasteiger partial charge in [-0.3, -0.25) is 0 Å². The normalized spacial score (nSPS) is 12.9. The fourth-order valence-electron chi connectivity index (χ4n) is 2.18. The highest BCUT2D eigenvalue weighted by Crippen LogP contribution is 2.17. The molecule has 0 spiro atoms. The molecule has 126 valence electrons. The topological polar surface area (TPSA) is 75.6 Å². The highest BCUT2D eigenvalue weighted by Gasteiger charge is 2.36. The number of amides is 1. The van der Waals surface area contributed by atoms with Crippen molar-refractivity contribution < 1.29 is 23.8 Å². The summed E-state index contributed by atoms with van der Waals surface area (Å²) in [5.74, 6) is -1.80. The number of aliphatic carboxylic acids is 1. The highest BCUT2D eigenvalue weighted by molar-refractivity contribution is 5.84. The summed E-state index contributed by atoms with van der Waals surface area (Å²) in [6, 6.07) is 14.8. The summed E-state index contributed by atoms with van der Waals surface area (Å²) in [5.41, 5.74) is -0.708. The maximum Gasteiger partial charge on any atom is 0.408 e. The first-order chi connectivity index (χ1) is 11.4. The SMILES string of the molecule is CC(Cc1ccccc1F)(NC(=O)OCc1ccccc1)C(=O)O. The summed E-state index contributed by atoms with van der Waals surface area (Å²) in [6.07, 6.45) is -1.07. The number of hydrogen-bond acceptors (Lipinski definition) is 3. The number of carboxylic acid groups (broad SMARTS) is 1. The second kappa shape index (κ2) is 7.59. The van der Waals surface area contributed by atoms with Crippen LogP contribution in [-0.4, -0.2) is 22.7 Å². The molecule has 0 aliphatic heterocycles. The van der Waals surface area contributed by atoms with Gasteiger partial charge in [0.05, 0.1) is 0 Å². The Labute approximate surface area is 139 Å². The molecule has 6 heteroatoms. The monoisotopic (exact) mass is 331 g/mol. The van der Waals surface area contributed by atoms with Crippen LogP contribution in [0.5, 0.6) is 0 Å². The smallest absolute Gasteiger partial charge is 0.408 e. The maximum atomic E-state index is 13.8. The van der Waals surface area contributed by atoms with Gasteiger partial charge in [-0.1, -0.05) is 48.5 Å². The summed E-state index contributed by atoms with van der Waals surface area (Å²) in [6.45, 7) is 1.33. The first-order valence-electron chi connectivity index (χ1n) is 7.36. The van der Waals surface area contributed by atoms with Gasteiger partial charge >= 0.3 is 12.1 Å². The molecule has 0 saturated carbocycles. The molecule has 2 N–H and O–H groups in total. The number of carbonyl (C=O) groups is 2. The quantitative estimate of drug-likeness (QED) is 0.853. The van der Waals surface area contributed by atoms with E-state index in [2.05, 4.69) is 5.32 Å². The average molecular weight is 331 g/mol. The Bertz CT molecular complexity index is 720. The van der Waals surface area contributed by atoms with Crippen LogP contribution >= 0.6 is 0 Å². The van der Waals surface area contributed by atoms with Crippen molar-refractivity contribution in [2.45, 2.75) is 25.5 Å². The molecular formula is C18H18FNO4. The van der Waals surface area contributed by atoms with Crippen LogP contribution in [0.25, 0.3) is 0 Å². The molecule has 2 rings (SSSR count). The molecule has 0 saturated heterocycles. The van der Waals surface area contributed by atoms with Crippen LogP contribution in [0.4, 0.5) is 9.18 Å². The van der Waals surface area contributed by atoms with Crippen LogP contribution < -0.4 is 5.32 Å². The van der Waals surface area contributed by atoms with E-state index in [0.717, 1.165) is 5.56 Å². The van der Waals surface area contributed by atoms with E-state index in [1.807, 2.05) is 6.07 Å². The zero-order chi connectivity index (χ0) is 17.6. The standard InChI is InChI=1S/C18H18FNO4/c1-18(16(21)22,11-14-9-5-6-10-15(14)19)20-17(23)24-12-13-7-3-2-4-8-13/h2-10H,11-12H2,1H3,(H,20,23)(H,21,22). The number of carbonyl (C=O) groups excluding carboxylic acids is 1. The summed E-state index contributed by atoms with van der Waals surface area (Å²) in [7, 11) is 0. The predicted molar refractivity (Wildman–Crippen MR) is 85.9 cm³/mol. The number of benzene rings is 2. The zero-order valence-corrected chi connectivity index (χ0v) is 13.2. The molecule has 0 fully saturated rings. The maximum absolute atomic E-state index is 13.8. The molecule has 0 aliphatic rings. The molecule has 0 bridgehead atoms. The first-order valence-corrected chi connectivity index (χ1v) is 7.36. The second-order valence-corrected chi connectivity index (χ2v) is 5.59. The van der Waals surface area contributed by atoms with Gasteiger partial charge < -0.3 is 15.2 Å². The van der Waals surface area contributed by atoms with E-state index < -0.39 is 23.4 Å². The van der Waals surface area contributed by atoms with E-state index in [4.69, 9.17) is 4.74 Å². The molecular weight excluding hydrogens is 313 g/mol. The van der Waals surface area contributed by atoms with Gasteiger partial charge in [-0.15, -0.1) is 0 Å². The number of hydrogen-bond donors (Lipinski definition) is 2. The van der Waals surface area contributed by atoms with Crippen LogP contribution in [0.1, 0.15) is 18.1 Å². The van der Waals surface area contributed by atoms with Crippen molar-refractivity contribution in [1.82, 2.24) is 5.32 Å². The summed E-state index contributed by atoms with van der Waals surface area (Å²) >= 11 is 0. The Morgan fingerprint density at radius 2 is 1.75 bits per heavy atom. The third-order valence-electron chi connectivity index (χ3n) is 3.56. The van der Waals surface area contributed by atoms with Gasteiger partial charge in [0, 0.05) is 6.42 Å². The van der Waals surface area contributed by atoms with Gasteiger partial charge in [-0.2, -0.15) is 0 Å². The molecule has 0 heterocycles. The third kappa shape index (κ3) is 4.55. The highest BCUT2D eigenvalue weighted by atomic mass is 19.1. The minimum atomic E-state index is -1.68. The fourth-order valence-corrected chi connectivity index (χ4v) is 2.18. The van der Waals surface area contributed by atoms with Gasteiger partial charge in [0.1, 0.15) is 18.0 Å². The molecule has 0 aliphatic carbocycles. The molecule has 24 heavy (non-hydrogen) atoms. The van der Waals surface area contributed by atoms with E-state index in [0.29, 0.717) is 0 Å². The Morgan fingerprint density at radius 1 is 1.12 bits per heavy atom. The van der Waals surface area contributed by atoms with Crippen molar-refractivity contribution >= 4 is 12.1 Å². The Hall–Kier alpha value is -2.89. The Morgan fingerprint density at radius 3 is 2.38 bits per heavy atom. The van der Waals surface area contributed by atoms with E-state index in [-0.39, 0.29) is 18.6 Å². The summed E-state index contributed by atoms with van der Waals surface area (Å²) in [4.78, 5) is 23.5. The van der Waals surface area contributed by atoms with Crippen molar-refractivity contribution in [3.05, 3.63) is 71.5 Å². The second-order valence-electron chi connectivity index (χ2n) is 5.59. The minimum Gasteiger partial charge on any atom is -0.480 e. The molecule has 2 aromatic carbocycles. The van der Waals surface area contributed by atoms with Crippen LogP contribution in [0.2, 0.25) is 0 Å². The minimum absolute atomic E-state index is 0.0159. The van der Waals surface area contributed by atoms with Crippen molar-refractivity contribution in [2.24, 2.45) is 0 Å². The number of halogens is 1. The van der Waals surface area contributed by atoms with Gasteiger partial charge in [-0.25, -0.2) is 14.0 Å². The number of nitrogens with one attached hydrogen (secondary N) is 1. The number of carboxylic acids is 1. The lowest BCUT2D eigenvalue weighted by Gasteiger charge is -2.26. The first kappa shape index (κ1) is 17.5. The summed E-state index contributed by atoms with van der Waals surface area (Å²) < 4.78 is 18.8. The molecule has 2 aromatic rings. The number of ether oxygens (including phenoxy) is 1. The zero-order valence-electron chi connectivity index (χ0n) is 13.2. The van der Waals surface area contributed by atoms with Crippen LogP contribution in [0.3, 0.4) is 0 Å². The van der Waals surface area contributed by atoms with E-state index >= 15 is 0 Å². The van der Waals surface area contributed by atoms with Crippen LogP contribution in [0, 0.1) is 5.82 Å². The number of alkyl carbamates (subject to hydrolysis) is 1. The van der Waals surface area contributed by atoms with Crippen molar-refractivity contribution in [1.29, 1.82) is 0 Å². The lowest BCUT2D eigenvalue weighted by Crippen LogP contribution is -2.54. The Balaban J connectivity index is 2.03. The fraction of sp³-hybridized carbons (Fsp3) is 0.222. The lowest BCUT2D eigenvalue weighted by atomic mass is 9.93. The summed E-state index contributed by atoms with van der Waals surface area (Å²) in [5, 5.41) is 11.7. The molecule has 5 nitrogen and oxygen atoms in total. The van der Waals surface area contributed by atoms with Gasteiger partial charge in [-0.05, 0) is 24.1 Å². The van der Waals surface area contributed by atoms with Gasteiger partial charge in [0.25, 0.3) is 0 Å². The third-order valence-corrected chi connectivity index (χ3v) is 3.56. The van der Waals surface area contributed by atoms with E-state index in [9.17, 15) is 19.1 Å². The van der Waals surface area contributed by atoms with Gasteiger partial charge in [0.2, 0.25) is 0 Å². The van der Waals surface area contributed by atoms with Crippen LogP contribution in [-0.2, 0) is 22.6 Å². The number of rotatable bonds is 6. The van der Waals surface area contributed by atoms with Crippen molar-refractivity contribution in [3.8, 4) is 0 Å². The average Bonchev–Trinajstić information content (AvgIpc) is 2.56. The van der Waals surface area contributed by atoms with E-state index in [1.54, 1.807) is 30.3 Å². The molecule has 1 unspecified atom stereocenters. The predicted octanol–water partition coefficient (Wildman–Crippen LogP) is 3.14. The largest absolute Gasteiger partial charge is 0.480 e.